The fraction of sp³-hybridized carbons (Fsp3) is 0.263. The minimum absolute atomic E-state index is 0.217. The summed E-state index contributed by atoms with van der Waals surface area (Å²) >= 11 is 0. The highest BCUT2D eigenvalue weighted by Gasteiger charge is 2.20. The third-order valence-corrected chi connectivity index (χ3v) is 3.96. The number of rotatable bonds is 6. The van der Waals surface area contributed by atoms with Gasteiger partial charge in [-0.2, -0.15) is 0 Å². The topological polar surface area (TPSA) is 64.9 Å². The third-order valence-electron chi connectivity index (χ3n) is 3.96. The van der Waals surface area contributed by atoms with E-state index < -0.39 is 0 Å². The Bertz CT molecular complexity index is 902. The van der Waals surface area contributed by atoms with E-state index in [1.807, 2.05) is 28.8 Å². The molecule has 6 nitrogen and oxygen atoms in total. The summed E-state index contributed by atoms with van der Waals surface area (Å²) in [4.78, 5) is 17.5. The molecule has 0 bridgehead atoms. The van der Waals surface area contributed by atoms with Crippen LogP contribution in [0.2, 0.25) is 0 Å². The molecule has 3 aromatic rings. The highest BCUT2D eigenvalue weighted by Crippen LogP contribution is 2.29. The maximum Gasteiger partial charge on any atom is 0.274 e. The molecule has 0 atom stereocenters. The molecule has 0 fully saturated rings. The molecular weight excluding hydrogens is 318 g/mol. The van der Waals surface area contributed by atoms with E-state index in [2.05, 4.69) is 17.2 Å². The van der Waals surface area contributed by atoms with Gasteiger partial charge in [-0.3, -0.25) is 9.20 Å². The van der Waals surface area contributed by atoms with Gasteiger partial charge in [0.25, 0.3) is 5.91 Å². The van der Waals surface area contributed by atoms with Crippen LogP contribution in [0.25, 0.3) is 5.65 Å². The first-order valence-corrected chi connectivity index (χ1v) is 8.17. The van der Waals surface area contributed by atoms with Crippen LogP contribution in [-0.2, 0) is 6.42 Å². The molecule has 6 heteroatoms. The van der Waals surface area contributed by atoms with E-state index >= 15 is 0 Å². The summed E-state index contributed by atoms with van der Waals surface area (Å²) in [7, 11) is 3.14. The van der Waals surface area contributed by atoms with Gasteiger partial charge in [-0.05, 0) is 30.7 Å². The van der Waals surface area contributed by atoms with Crippen LogP contribution in [0.3, 0.4) is 0 Å². The molecule has 0 saturated heterocycles. The van der Waals surface area contributed by atoms with Crippen LogP contribution < -0.4 is 14.8 Å². The molecule has 25 heavy (non-hydrogen) atoms. The molecule has 1 amide bonds. The van der Waals surface area contributed by atoms with Gasteiger partial charge in [0.1, 0.15) is 22.8 Å². The number of carbonyl (C=O) groups excluding carboxylic acids is 1. The average Bonchev–Trinajstić information content (AvgIpc) is 3.00. The number of aromatic nitrogens is 2. The van der Waals surface area contributed by atoms with Crippen molar-refractivity contribution in [3.05, 3.63) is 54.0 Å². The Hall–Kier alpha value is -3.02. The number of pyridine rings is 1. The zero-order valence-electron chi connectivity index (χ0n) is 14.6. The molecule has 0 unspecified atom stereocenters. The fourth-order valence-corrected chi connectivity index (χ4v) is 2.78. The van der Waals surface area contributed by atoms with Crippen LogP contribution >= 0.6 is 0 Å². The second-order valence-corrected chi connectivity index (χ2v) is 5.61. The third kappa shape index (κ3) is 3.28. The lowest BCUT2D eigenvalue weighted by Gasteiger charge is -2.12. The van der Waals surface area contributed by atoms with Gasteiger partial charge in [-0.1, -0.05) is 19.4 Å². The maximum absolute atomic E-state index is 12.9. The molecule has 0 spiro atoms. The minimum Gasteiger partial charge on any atom is -0.497 e. The lowest BCUT2D eigenvalue weighted by molar-refractivity contribution is 0.102. The van der Waals surface area contributed by atoms with Crippen molar-refractivity contribution in [2.24, 2.45) is 0 Å². The first kappa shape index (κ1) is 16.8. The number of methoxy groups -OCH3 is 2. The number of hydrogen-bond acceptors (Lipinski definition) is 4. The molecule has 0 aliphatic heterocycles. The summed E-state index contributed by atoms with van der Waals surface area (Å²) in [6.45, 7) is 2.07. The van der Waals surface area contributed by atoms with E-state index in [-0.39, 0.29) is 5.91 Å². The zero-order valence-corrected chi connectivity index (χ0v) is 14.6. The lowest BCUT2D eigenvalue weighted by atomic mass is 10.2. The van der Waals surface area contributed by atoms with Crippen molar-refractivity contribution in [1.29, 1.82) is 0 Å². The summed E-state index contributed by atoms with van der Waals surface area (Å²) in [5, 5.41) is 2.93. The molecule has 3 rings (SSSR count). The van der Waals surface area contributed by atoms with Crippen LogP contribution in [0, 0.1) is 0 Å². The molecule has 0 aliphatic carbocycles. The van der Waals surface area contributed by atoms with Gasteiger partial charge in [0.15, 0.2) is 0 Å². The SMILES string of the molecule is CCCc1nc2ccccn2c1C(=O)Nc1ccc(OC)cc1OC. The van der Waals surface area contributed by atoms with Crippen molar-refractivity contribution in [3.63, 3.8) is 0 Å². The van der Waals surface area contributed by atoms with E-state index in [0.29, 0.717) is 22.9 Å². The predicted octanol–water partition coefficient (Wildman–Crippen LogP) is 3.56. The predicted molar refractivity (Wildman–Crippen MR) is 96.7 cm³/mol. The van der Waals surface area contributed by atoms with Gasteiger partial charge in [-0.15, -0.1) is 0 Å². The monoisotopic (exact) mass is 339 g/mol. The van der Waals surface area contributed by atoms with Crippen LogP contribution in [-0.4, -0.2) is 29.5 Å². The van der Waals surface area contributed by atoms with Crippen molar-refractivity contribution in [2.75, 3.05) is 19.5 Å². The summed E-state index contributed by atoms with van der Waals surface area (Å²) in [6, 6.07) is 11.0. The van der Waals surface area contributed by atoms with E-state index in [1.54, 1.807) is 32.4 Å². The van der Waals surface area contributed by atoms with E-state index in [9.17, 15) is 4.79 Å². The second-order valence-electron chi connectivity index (χ2n) is 5.61. The van der Waals surface area contributed by atoms with E-state index in [0.717, 1.165) is 24.2 Å². The average molecular weight is 339 g/mol. The van der Waals surface area contributed by atoms with Gasteiger partial charge in [0.05, 0.1) is 25.6 Å². The number of hydrogen-bond donors (Lipinski definition) is 1. The van der Waals surface area contributed by atoms with Crippen LogP contribution in [0.4, 0.5) is 5.69 Å². The number of fused-ring (bicyclic) bond motifs is 1. The molecule has 0 aliphatic rings. The molecule has 2 heterocycles. The maximum atomic E-state index is 12.9. The largest absolute Gasteiger partial charge is 0.497 e. The van der Waals surface area contributed by atoms with Crippen molar-refractivity contribution in [3.8, 4) is 11.5 Å². The van der Waals surface area contributed by atoms with Gasteiger partial charge in [0, 0.05) is 12.3 Å². The Morgan fingerprint density at radius 2 is 2.04 bits per heavy atom. The highest BCUT2D eigenvalue weighted by atomic mass is 16.5. The highest BCUT2D eigenvalue weighted by molar-refractivity contribution is 6.05. The van der Waals surface area contributed by atoms with Crippen molar-refractivity contribution < 1.29 is 14.3 Å². The first-order valence-electron chi connectivity index (χ1n) is 8.17. The van der Waals surface area contributed by atoms with E-state index in [1.165, 1.54) is 0 Å². The standard InChI is InChI=1S/C19H21N3O3/c1-4-7-15-18(22-11-6-5-8-17(22)20-15)19(23)21-14-10-9-13(24-2)12-16(14)25-3/h5-6,8-12H,4,7H2,1-3H3,(H,21,23). The minimum atomic E-state index is -0.217. The molecule has 1 N–H and O–H groups in total. The lowest BCUT2D eigenvalue weighted by Crippen LogP contribution is -2.17. The van der Waals surface area contributed by atoms with E-state index in [4.69, 9.17) is 9.47 Å². The van der Waals surface area contributed by atoms with Crippen LogP contribution in [0.1, 0.15) is 29.5 Å². The Labute approximate surface area is 146 Å². The zero-order chi connectivity index (χ0) is 17.8. The Morgan fingerprint density at radius 3 is 2.76 bits per heavy atom. The van der Waals surface area contributed by atoms with Gasteiger partial charge >= 0.3 is 0 Å². The summed E-state index contributed by atoms with van der Waals surface area (Å²) < 4.78 is 12.4. The van der Waals surface area contributed by atoms with Gasteiger partial charge in [0.2, 0.25) is 0 Å². The van der Waals surface area contributed by atoms with Crippen molar-refractivity contribution in [1.82, 2.24) is 9.38 Å². The number of imidazole rings is 1. The number of carbonyl (C=O) groups is 1. The molecular formula is C19H21N3O3. The molecule has 0 radical (unpaired) electrons. The number of aryl methyl sites for hydroxylation is 1. The summed E-state index contributed by atoms with van der Waals surface area (Å²) in [5.74, 6) is 0.987. The number of amides is 1. The quantitative estimate of drug-likeness (QED) is 0.746. The molecule has 1 aromatic carbocycles. The van der Waals surface area contributed by atoms with Crippen LogP contribution in [0.15, 0.2) is 42.6 Å². The Kier molecular flexibility index (Phi) is 4.88. The second kappa shape index (κ2) is 7.25. The normalized spacial score (nSPS) is 10.7. The summed E-state index contributed by atoms with van der Waals surface area (Å²) in [5.41, 5.74) is 2.69. The Balaban J connectivity index is 1.99. The number of nitrogens with zero attached hydrogens (tertiary/aromatic N) is 2. The molecule has 130 valence electrons. The first-order chi connectivity index (χ1) is 12.2. The number of nitrogens with one attached hydrogen (secondary N) is 1. The summed E-state index contributed by atoms with van der Waals surface area (Å²) in [6.07, 6.45) is 3.50. The Morgan fingerprint density at radius 1 is 1.20 bits per heavy atom. The van der Waals surface area contributed by atoms with Gasteiger partial charge in [-0.25, -0.2) is 4.98 Å². The molecule has 0 saturated carbocycles. The number of ether oxygens (including phenoxy) is 2. The fourth-order valence-electron chi connectivity index (χ4n) is 2.78. The smallest absolute Gasteiger partial charge is 0.274 e. The van der Waals surface area contributed by atoms with Crippen LogP contribution in [0.5, 0.6) is 11.5 Å². The number of benzene rings is 1. The van der Waals surface area contributed by atoms with Gasteiger partial charge < -0.3 is 14.8 Å². The van der Waals surface area contributed by atoms with Crippen molar-refractivity contribution >= 4 is 17.2 Å². The molecule has 2 aromatic heterocycles. The van der Waals surface area contributed by atoms with Crippen molar-refractivity contribution in [2.45, 2.75) is 19.8 Å². The number of anilines is 1.